The van der Waals surface area contributed by atoms with Gasteiger partial charge in [0.1, 0.15) is 0 Å². The van der Waals surface area contributed by atoms with Crippen LogP contribution < -0.4 is 11.3 Å². The van der Waals surface area contributed by atoms with Crippen molar-refractivity contribution in [1.82, 2.24) is 9.97 Å². The second-order valence-corrected chi connectivity index (χ2v) is 4.58. The van der Waals surface area contributed by atoms with Gasteiger partial charge in [0, 0.05) is 0 Å². The first-order valence-corrected chi connectivity index (χ1v) is 5.80. The average molecular weight is 230 g/mol. The highest BCUT2D eigenvalue weighted by Gasteiger charge is 2.03. The molecule has 1 heterocycles. The number of nitrogens with zero attached hydrogens (tertiary/aromatic N) is 1. The highest BCUT2D eigenvalue weighted by atomic mass is 15.3. The van der Waals surface area contributed by atoms with E-state index >= 15 is 0 Å². The van der Waals surface area contributed by atoms with Gasteiger partial charge in [0.15, 0.2) is 0 Å². The Bertz CT molecular complexity index is 470. The molecule has 0 aliphatic carbocycles. The summed E-state index contributed by atoms with van der Waals surface area (Å²) >= 11 is 0. The Labute approximate surface area is 101 Å². The molecule has 0 aliphatic rings. The number of nitrogens with two attached hydrogens (primary N) is 1. The summed E-state index contributed by atoms with van der Waals surface area (Å²) in [5, 5.41) is 0. The smallest absolute Gasteiger partial charge is 0.215 e. The highest BCUT2D eigenvalue weighted by molar-refractivity contribution is 5.60. The van der Waals surface area contributed by atoms with Crippen molar-refractivity contribution in [1.29, 1.82) is 0 Å². The predicted molar refractivity (Wildman–Crippen MR) is 70.4 cm³/mol. The van der Waals surface area contributed by atoms with Crippen molar-refractivity contribution in [3.05, 3.63) is 36.0 Å². The highest BCUT2D eigenvalue weighted by Crippen LogP contribution is 2.19. The number of nitrogen functional groups attached to an aromatic ring is 1. The maximum atomic E-state index is 5.28. The van der Waals surface area contributed by atoms with Crippen LogP contribution in [-0.4, -0.2) is 9.97 Å². The standard InChI is InChI=1S/C13H18N4/c1-9(2)7-10-3-5-11(6-4-10)12-8-15-13(16-12)17-14/h3-6,8-9H,7,14H2,1-2H3,(H2,15,16,17). The van der Waals surface area contributed by atoms with Gasteiger partial charge in [-0.25, -0.2) is 10.8 Å². The van der Waals surface area contributed by atoms with Gasteiger partial charge in [-0.1, -0.05) is 38.1 Å². The van der Waals surface area contributed by atoms with Crippen molar-refractivity contribution in [2.75, 3.05) is 5.43 Å². The number of rotatable bonds is 4. The zero-order chi connectivity index (χ0) is 12.3. The first kappa shape index (κ1) is 11.7. The van der Waals surface area contributed by atoms with E-state index in [9.17, 15) is 0 Å². The van der Waals surface area contributed by atoms with Crippen molar-refractivity contribution >= 4 is 5.95 Å². The Morgan fingerprint density at radius 1 is 1.29 bits per heavy atom. The average Bonchev–Trinajstić information content (AvgIpc) is 2.78. The summed E-state index contributed by atoms with van der Waals surface area (Å²) in [6, 6.07) is 8.52. The monoisotopic (exact) mass is 230 g/mol. The molecule has 0 unspecified atom stereocenters. The lowest BCUT2D eigenvalue weighted by Crippen LogP contribution is -2.07. The van der Waals surface area contributed by atoms with Gasteiger partial charge >= 0.3 is 0 Å². The Kier molecular flexibility index (Phi) is 3.44. The molecule has 0 spiro atoms. The molecule has 4 N–H and O–H groups in total. The van der Waals surface area contributed by atoms with E-state index in [1.54, 1.807) is 6.20 Å². The molecular weight excluding hydrogens is 212 g/mol. The van der Waals surface area contributed by atoms with E-state index in [4.69, 9.17) is 5.84 Å². The van der Waals surface area contributed by atoms with Crippen LogP contribution in [0, 0.1) is 5.92 Å². The van der Waals surface area contributed by atoms with Crippen LogP contribution in [0.15, 0.2) is 30.5 Å². The number of hydrogen-bond acceptors (Lipinski definition) is 3. The SMILES string of the molecule is CC(C)Cc1ccc(-c2cnc(NN)[nH]2)cc1. The summed E-state index contributed by atoms with van der Waals surface area (Å²) in [7, 11) is 0. The summed E-state index contributed by atoms with van der Waals surface area (Å²) in [5.74, 6) is 6.53. The minimum atomic E-state index is 0.575. The second-order valence-electron chi connectivity index (χ2n) is 4.58. The van der Waals surface area contributed by atoms with Crippen molar-refractivity contribution in [2.45, 2.75) is 20.3 Å². The van der Waals surface area contributed by atoms with Gasteiger partial charge in [-0.05, 0) is 23.5 Å². The molecule has 4 nitrogen and oxygen atoms in total. The summed E-state index contributed by atoms with van der Waals surface area (Å²) in [6.45, 7) is 4.45. The number of aromatic amines is 1. The number of nitrogens with one attached hydrogen (secondary N) is 2. The van der Waals surface area contributed by atoms with Crippen LogP contribution >= 0.6 is 0 Å². The van der Waals surface area contributed by atoms with E-state index < -0.39 is 0 Å². The Hall–Kier alpha value is -1.81. The van der Waals surface area contributed by atoms with Gasteiger partial charge < -0.3 is 4.98 Å². The third-order valence-corrected chi connectivity index (χ3v) is 2.62. The molecule has 2 aromatic rings. The van der Waals surface area contributed by atoms with Crippen LogP contribution in [0.5, 0.6) is 0 Å². The number of benzene rings is 1. The third kappa shape index (κ3) is 2.85. The largest absolute Gasteiger partial charge is 0.323 e. The van der Waals surface area contributed by atoms with E-state index in [-0.39, 0.29) is 0 Å². The van der Waals surface area contributed by atoms with E-state index in [1.807, 2.05) is 0 Å². The lowest BCUT2D eigenvalue weighted by molar-refractivity contribution is 0.647. The molecule has 0 bridgehead atoms. The first-order valence-electron chi connectivity index (χ1n) is 5.80. The first-order chi connectivity index (χ1) is 8.19. The lowest BCUT2D eigenvalue weighted by atomic mass is 10.0. The lowest BCUT2D eigenvalue weighted by Gasteiger charge is -2.05. The van der Waals surface area contributed by atoms with E-state index in [1.165, 1.54) is 5.56 Å². The fourth-order valence-electron chi connectivity index (χ4n) is 1.83. The van der Waals surface area contributed by atoms with Gasteiger partial charge in [0.2, 0.25) is 5.95 Å². The molecule has 1 aromatic heterocycles. The Balaban J connectivity index is 2.17. The summed E-state index contributed by atoms with van der Waals surface area (Å²) in [6.07, 6.45) is 2.88. The third-order valence-electron chi connectivity index (χ3n) is 2.62. The molecule has 0 fully saturated rings. The fraction of sp³-hybridized carbons (Fsp3) is 0.308. The van der Waals surface area contributed by atoms with Crippen LogP contribution in [-0.2, 0) is 6.42 Å². The number of aromatic nitrogens is 2. The van der Waals surface area contributed by atoms with Gasteiger partial charge in [0.05, 0.1) is 11.9 Å². The van der Waals surface area contributed by atoms with E-state index in [2.05, 4.69) is 53.5 Å². The van der Waals surface area contributed by atoms with Gasteiger partial charge in [0.25, 0.3) is 0 Å². The summed E-state index contributed by atoms with van der Waals surface area (Å²) < 4.78 is 0. The number of hydrazine groups is 1. The maximum Gasteiger partial charge on any atom is 0.215 e. The molecule has 1 aromatic carbocycles. The summed E-state index contributed by atoms with van der Waals surface area (Å²) in [4.78, 5) is 7.18. The molecule has 0 aliphatic heterocycles. The van der Waals surface area contributed by atoms with Crippen molar-refractivity contribution in [3.63, 3.8) is 0 Å². The predicted octanol–water partition coefficient (Wildman–Crippen LogP) is 2.56. The van der Waals surface area contributed by atoms with E-state index in [0.717, 1.165) is 17.7 Å². The van der Waals surface area contributed by atoms with E-state index in [0.29, 0.717) is 11.9 Å². The topological polar surface area (TPSA) is 66.7 Å². The van der Waals surface area contributed by atoms with Crippen LogP contribution in [0.1, 0.15) is 19.4 Å². The maximum absolute atomic E-state index is 5.28. The van der Waals surface area contributed by atoms with Crippen molar-refractivity contribution in [2.24, 2.45) is 11.8 Å². The number of hydrogen-bond donors (Lipinski definition) is 3. The molecular formula is C13H18N4. The molecule has 0 atom stereocenters. The van der Waals surface area contributed by atoms with Gasteiger partial charge in [-0.2, -0.15) is 0 Å². The number of anilines is 1. The summed E-state index contributed by atoms with van der Waals surface area (Å²) in [5.41, 5.74) is 5.93. The van der Waals surface area contributed by atoms with Crippen molar-refractivity contribution in [3.8, 4) is 11.3 Å². The zero-order valence-electron chi connectivity index (χ0n) is 10.2. The number of imidazole rings is 1. The molecule has 0 saturated carbocycles. The van der Waals surface area contributed by atoms with Gasteiger partial charge in [-0.15, -0.1) is 0 Å². The van der Waals surface area contributed by atoms with Gasteiger partial charge in [-0.3, -0.25) is 5.43 Å². The molecule has 0 saturated heterocycles. The molecule has 90 valence electrons. The quantitative estimate of drug-likeness (QED) is 0.558. The molecule has 17 heavy (non-hydrogen) atoms. The normalized spacial score (nSPS) is 10.8. The molecule has 0 amide bonds. The zero-order valence-corrected chi connectivity index (χ0v) is 10.2. The second kappa shape index (κ2) is 5.01. The minimum Gasteiger partial charge on any atom is -0.323 e. The van der Waals surface area contributed by atoms with Crippen LogP contribution in [0.25, 0.3) is 11.3 Å². The minimum absolute atomic E-state index is 0.575. The van der Waals surface area contributed by atoms with Crippen molar-refractivity contribution < 1.29 is 0 Å². The Morgan fingerprint density at radius 3 is 2.53 bits per heavy atom. The van der Waals surface area contributed by atoms with Crippen LogP contribution in [0.2, 0.25) is 0 Å². The molecule has 4 heteroatoms. The fourth-order valence-corrected chi connectivity index (χ4v) is 1.83. The van der Waals surface area contributed by atoms with Crippen LogP contribution in [0.4, 0.5) is 5.95 Å². The molecule has 2 rings (SSSR count). The van der Waals surface area contributed by atoms with Crippen LogP contribution in [0.3, 0.4) is 0 Å². The number of H-pyrrole nitrogens is 1. The molecule has 0 radical (unpaired) electrons. The Morgan fingerprint density at radius 2 is 2.00 bits per heavy atom.